The maximum absolute atomic E-state index is 12.6. The van der Waals surface area contributed by atoms with Crippen LogP contribution in [-0.2, 0) is 0 Å². The minimum Gasteiger partial charge on any atom is -0.345 e. The first-order valence-electron chi connectivity index (χ1n) is 9.21. The van der Waals surface area contributed by atoms with E-state index in [0.29, 0.717) is 11.1 Å². The zero-order valence-corrected chi connectivity index (χ0v) is 15.9. The van der Waals surface area contributed by atoms with Gasteiger partial charge in [0.05, 0.1) is 23.2 Å². The minimum absolute atomic E-state index is 0.149. The topological polar surface area (TPSA) is 71.1 Å². The van der Waals surface area contributed by atoms with Crippen molar-refractivity contribution in [2.24, 2.45) is 0 Å². The van der Waals surface area contributed by atoms with Crippen LogP contribution in [0.25, 0.3) is 0 Å². The van der Waals surface area contributed by atoms with Gasteiger partial charge >= 0.3 is 0 Å². The van der Waals surface area contributed by atoms with E-state index in [9.17, 15) is 9.59 Å². The largest absolute Gasteiger partial charge is 0.345 e. The van der Waals surface area contributed by atoms with E-state index in [4.69, 9.17) is 0 Å². The van der Waals surface area contributed by atoms with Crippen molar-refractivity contribution in [3.8, 4) is 0 Å². The van der Waals surface area contributed by atoms with Crippen LogP contribution >= 0.6 is 0 Å². The smallest absolute Gasteiger partial charge is 0.253 e. The molecule has 0 spiro atoms. The van der Waals surface area contributed by atoms with E-state index < -0.39 is 0 Å². The lowest BCUT2D eigenvalue weighted by molar-refractivity contribution is 0.0939. The lowest BCUT2D eigenvalue weighted by Gasteiger charge is -2.16. The molecule has 142 valence electrons. The van der Waals surface area contributed by atoms with Crippen LogP contribution in [0.2, 0.25) is 0 Å². The number of carbonyl (C=O) groups excluding carboxylic acids is 2. The number of amides is 2. The number of hydrogen-bond donors (Lipinski definition) is 2. The second-order valence-corrected chi connectivity index (χ2v) is 6.67. The highest BCUT2D eigenvalue weighted by atomic mass is 16.2. The van der Waals surface area contributed by atoms with Gasteiger partial charge in [-0.15, -0.1) is 0 Å². The summed E-state index contributed by atoms with van der Waals surface area (Å²) in [5.74, 6) is -0.538. The summed E-state index contributed by atoms with van der Waals surface area (Å²) in [5, 5.41) is 5.87. The van der Waals surface area contributed by atoms with Crippen molar-refractivity contribution in [1.82, 2.24) is 15.6 Å². The third-order valence-electron chi connectivity index (χ3n) is 4.56. The molecule has 2 unspecified atom stereocenters. The summed E-state index contributed by atoms with van der Waals surface area (Å²) in [4.78, 5) is 29.2. The Morgan fingerprint density at radius 1 is 0.714 bits per heavy atom. The second kappa shape index (κ2) is 8.95. The predicted molar refractivity (Wildman–Crippen MR) is 109 cm³/mol. The van der Waals surface area contributed by atoms with Crippen molar-refractivity contribution in [1.29, 1.82) is 0 Å². The molecule has 0 radical (unpaired) electrons. The summed E-state index contributed by atoms with van der Waals surface area (Å²) in [5.41, 5.74) is 2.72. The molecule has 0 saturated heterocycles. The monoisotopic (exact) mass is 373 g/mol. The first-order chi connectivity index (χ1) is 13.5. The molecule has 3 rings (SSSR count). The van der Waals surface area contributed by atoms with Crippen LogP contribution < -0.4 is 10.6 Å². The number of rotatable bonds is 6. The van der Waals surface area contributed by atoms with E-state index in [1.807, 2.05) is 74.5 Å². The van der Waals surface area contributed by atoms with Crippen LogP contribution in [-0.4, -0.2) is 16.8 Å². The summed E-state index contributed by atoms with van der Waals surface area (Å²) in [6, 6.07) is 20.7. The number of hydrogen-bond acceptors (Lipinski definition) is 3. The fraction of sp³-hybridized carbons (Fsp3) is 0.174. The lowest BCUT2D eigenvalue weighted by atomic mass is 10.1. The minimum atomic E-state index is -0.269. The van der Waals surface area contributed by atoms with E-state index in [1.165, 1.54) is 12.4 Å². The van der Waals surface area contributed by atoms with Gasteiger partial charge in [0.15, 0.2) is 0 Å². The Morgan fingerprint density at radius 2 is 1.11 bits per heavy atom. The molecule has 0 fully saturated rings. The predicted octanol–water partition coefficient (Wildman–Crippen LogP) is 4.06. The number of carbonyl (C=O) groups is 2. The molecule has 2 aromatic carbocycles. The molecule has 2 N–H and O–H groups in total. The molecule has 0 aliphatic rings. The standard InChI is InChI=1S/C23H23N3O2/c1-16(18-9-5-3-6-10-18)25-22(27)20-13-21(15-24-14-20)23(28)26-17(2)19-11-7-4-8-12-19/h3-17H,1-2H3,(H,25,27)(H,26,28). The van der Waals surface area contributed by atoms with E-state index >= 15 is 0 Å². The molecule has 1 heterocycles. The third kappa shape index (κ3) is 4.82. The fourth-order valence-electron chi connectivity index (χ4n) is 2.90. The van der Waals surface area contributed by atoms with Gasteiger partial charge in [0, 0.05) is 12.4 Å². The van der Waals surface area contributed by atoms with Gasteiger partial charge in [-0.05, 0) is 31.0 Å². The zero-order valence-electron chi connectivity index (χ0n) is 15.9. The summed E-state index contributed by atoms with van der Waals surface area (Å²) in [6.07, 6.45) is 2.93. The molecule has 28 heavy (non-hydrogen) atoms. The zero-order chi connectivity index (χ0) is 19.9. The van der Waals surface area contributed by atoms with Crippen LogP contribution in [0.15, 0.2) is 79.1 Å². The summed E-state index contributed by atoms with van der Waals surface area (Å²) in [6.45, 7) is 3.83. The number of nitrogens with one attached hydrogen (secondary N) is 2. The lowest BCUT2D eigenvalue weighted by Crippen LogP contribution is -2.29. The average Bonchev–Trinajstić information content (AvgIpc) is 2.75. The molecule has 0 aliphatic carbocycles. The SMILES string of the molecule is CC(NC(=O)c1cncc(C(=O)NC(C)c2ccccc2)c1)c1ccccc1. The summed E-state index contributed by atoms with van der Waals surface area (Å²) >= 11 is 0. The van der Waals surface area contributed by atoms with Gasteiger partial charge in [0.2, 0.25) is 0 Å². The molecule has 3 aromatic rings. The van der Waals surface area contributed by atoms with Gasteiger partial charge in [0.25, 0.3) is 11.8 Å². The highest BCUT2D eigenvalue weighted by Gasteiger charge is 2.16. The molecular weight excluding hydrogens is 350 g/mol. The van der Waals surface area contributed by atoms with Crippen molar-refractivity contribution in [3.05, 3.63) is 101 Å². The Labute approximate surface area is 164 Å². The maximum Gasteiger partial charge on any atom is 0.253 e. The van der Waals surface area contributed by atoms with Crippen LogP contribution in [0, 0.1) is 0 Å². The van der Waals surface area contributed by atoms with E-state index in [2.05, 4.69) is 15.6 Å². The van der Waals surface area contributed by atoms with Crippen LogP contribution in [0.1, 0.15) is 57.8 Å². The molecule has 0 saturated carbocycles. The van der Waals surface area contributed by atoms with E-state index in [1.54, 1.807) is 6.07 Å². The van der Waals surface area contributed by atoms with E-state index in [0.717, 1.165) is 11.1 Å². The normalized spacial score (nSPS) is 12.6. The quantitative estimate of drug-likeness (QED) is 0.684. The van der Waals surface area contributed by atoms with Crippen LogP contribution in [0.5, 0.6) is 0 Å². The molecule has 2 amide bonds. The van der Waals surface area contributed by atoms with Gasteiger partial charge in [-0.25, -0.2) is 0 Å². The first-order valence-corrected chi connectivity index (χ1v) is 9.21. The number of nitrogens with zero attached hydrogens (tertiary/aromatic N) is 1. The maximum atomic E-state index is 12.6. The molecule has 5 heteroatoms. The summed E-state index contributed by atoms with van der Waals surface area (Å²) in [7, 11) is 0. The van der Waals surface area contributed by atoms with Crippen molar-refractivity contribution in [3.63, 3.8) is 0 Å². The molecule has 1 aromatic heterocycles. The Hall–Kier alpha value is -3.47. The van der Waals surface area contributed by atoms with Gasteiger partial charge in [-0.2, -0.15) is 0 Å². The van der Waals surface area contributed by atoms with Crippen LogP contribution in [0.3, 0.4) is 0 Å². The Morgan fingerprint density at radius 3 is 1.50 bits per heavy atom. The van der Waals surface area contributed by atoms with Crippen LogP contribution in [0.4, 0.5) is 0 Å². The summed E-state index contributed by atoms with van der Waals surface area (Å²) < 4.78 is 0. The van der Waals surface area contributed by atoms with Gasteiger partial charge in [0.1, 0.15) is 0 Å². The molecule has 0 aliphatic heterocycles. The Balaban J connectivity index is 1.67. The molecular formula is C23H23N3O2. The Kier molecular flexibility index (Phi) is 6.17. The molecule has 5 nitrogen and oxygen atoms in total. The van der Waals surface area contributed by atoms with Gasteiger partial charge in [-0.1, -0.05) is 60.7 Å². The van der Waals surface area contributed by atoms with Gasteiger partial charge < -0.3 is 10.6 Å². The molecule has 0 bridgehead atoms. The van der Waals surface area contributed by atoms with E-state index in [-0.39, 0.29) is 23.9 Å². The third-order valence-corrected chi connectivity index (χ3v) is 4.56. The second-order valence-electron chi connectivity index (χ2n) is 6.67. The molecule has 2 atom stereocenters. The average molecular weight is 373 g/mol. The van der Waals surface area contributed by atoms with Crippen molar-refractivity contribution < 1.29 is 9.59 Å². The highest BCUT2D eigenvalue weighted by molar-refractivity contribution is 5.99. The number of aromatic nitrogens is 1. The number of benzene rings is 2. The van der Waals surface area contributed by atoms with Crippen molar-refractivity contribution in [2.45, 2.75) is 25.9 Å². The first kappa shape index (κ1) is 19.3. The fourth-order valence-corrected chi connectivity index (χ4v) is 2.90. The highest BCUT2D eigenvalue weighted by Crippen LogP contribution is 2.14. The van der Waals surface area contributed by atoms with Crippen molar-refractivity contribution >= 4 is 11.8 Å². The van der Waals surface area contributed by atoms with Gasteiger partial charge in [-0.3, -0.25) is 14.6 Å². The Bertz CT molecular complexity index is 868. The number of pyridine rings is 1. The van der Waals surface area contributed by atoms with Crippen molar-refractivity contribution in [2.75, 3.05) is 0 Å².